The zero-order valence-corrected chi connectivity index (χ0v) is 13.9. The quantitative estimate of drug-likeness (QED) is 0.566. The van der Waals surface area contributed by atoms with E-state index in [9.17, 15) is 4.79 Å². The van der Waals surface area contributed by atoms with Crippen molar-refractivity contribution in [1.29, 1.82) is 0 Å². The second kappa shape index (κ2) is 8.69. The first-order valence-electron chi connectivity index (χ1n) is 8.25. The molecule has 0 heterocycles. The van der Waals surface area contributed by atoms with Gasteiger partial charge in [0, 0.05) is 18.1 Å². The van der Waals surface area contributed by atoms with Gasteiger partial charge < -0.3 is 14.3 Å². The van der Waals surface area contributed by atoms with Gasteiger partial charge in [-0.25, -0.2) is 0 Å². The fourth-order valence-electron chi connectivity index (χ4n) is 2.49. The van der Waals surface area contributed by atoms with Gasteiger partial charge in [0.25, 0.3) is 0 Å². The molecule has 0 saturated heterocycles. The third-order valence-corrected chi connectivity index (χ3v) is 3.83. The minimum Gasteiger partial charge on any atom is -0.489 e. The number of hydrogen-bond acceptors (Lipinski definition) is 3. The van der Waals surface area contributed by atoms with Crippen LogP contribution in [0.4, 0.5) is 0 Å². The van der Waals surface area contributed by atoms with E-state index in [1.807, 2.05) is 78.9 Å². The summed E-state index contributed by atoms with van der Waals surface area (Å²) in [5, 5.41) is 0. The van der Waals surface area contributed by atoms with Crippen LogP contribution in [-0.4, -0.2) is 6.29 Å². The standard InChI is InChI=1S/C22H20O3/c23-14-13-20-11-12-21(24-16-18-7-3-1-4-8-18)15-22(20)25-17-19-9-5-2-6-10-19/h1-12,14-15H,13,16-17H2. The summed E-state index contributed by atoms with van der Waals surface area (Å²) in [6.45, 7) is 0.945. The Bertz CT molecular complexity index is 798. The van der Waals surface area contributed by atoms with E-state index < -0.39 is 0 Å². The van der Waals surface area contributed by atoms with Crippen LogP contribution >= 0.6 is 0 Å². The molecule has 3 aromatic carbocycles. The largest absolute Gasteiger partial charge is 0.489 e. The van der Waals surface area contributed by atoms with Gasteiger partial charge in [-0.05, 0) is 17.2 Å². The summed E-state index contributed by atoms with van der Waals surface area (Å²) in [4.78, 5) is 10.9. The summed E-state index contributed by atoms with van der Waals surface area (Å²) in [6.07, 6.45) is 1.21. The Hall–Kier alpha value is -3.07. The van der Waals surface area contributed by atoms with Crippen molar-refractivity contribution in [3.63, 3.8) is 0 Å². The number of hydrogen-bond donors (Lipinski definition) is 0. The van der Waals surface area contributed by atoms with E-state index in [1.54, 1.807) is 0 Å². The van der Waals surface area contributed by atoms with Crippen LogP contribution in [0.3, 0.4) is 0 Å². The van der Waals surface area contributed by atoms with Crippen molar-refractivity contribution >= 4 is 6.29 Å². The normalized spacial score (nSPS) is 10.2. The van der Waals surface area contributed by atoms with Crippen LogP contribution in [0.25, 0.3) is 0 Å². The van der Waals surface area contributed by atoms with E-state index in [-0.39, 0.29) is 0 Å². The highest BCUT2D eigenvalue weighted by molar-refractivity contribution is 5.58. The number of ether oxygens (including phenoxy) is 2. The van der Waals surface area contributed by atoms with Gasteiger partial charge in [-0.1, -0.05) is 66.7 Å². The summed E-state index contributed by atoms with van der Waals surface area (Å²) in [6, 6.07) is 25.5. The average molecular weight is 332 g/mol. The Balaban J connectivity index is 1.71. The van der Waals surface area contributed by atoms with Crippen molar-refractivity contribution in [2.24, 2.45) is 0 Å². The van der Waals surface area contributed by atoms with Gasteiger partial charge in [0.1, 0.15) is 31.0 Å². The van der Waals surface area contributed by atoms with Crippen LogP contribution < -0.4 is 9.47 Å². The predicted molar refractivity (Wildman–Crippen MR) is 97.8 cm³/mol. The lowest BCUT2D eigenvalue weighted by molar-refractivity contribution is -0.107. The fraction of sp³-hybridized carbons (Fsp3) is 0.136. The van der Waals surface area contributed by atoms with Crippen molar-refractivity contribution in [2.45, 2.75) is 19.6 Å². The van der Waals surface area contributed by atoms with E-state index in [4.69, 9.17) is 9.47 Å². The molecule has 0 spiro atoms. The summed E-state index contributed by atoms with van der Waals surface area (Å²) >= 11 is 0. The molecule has 3 heteroatoms. The second-order valence-electron chi connectivity index (χ2n) is 5.69. The van der Waals surface area contributed by atoms with Gasteiger partial charge in [0.2, 0.25) is 0 Å². The molecule has 0 saturated carbocycles. The summed E-state index contributed by atoms with van der Waals surface area (Å²) in [5.41, 5.74) is 3.04. The molecular formula is C22H20O3. The molecule has 0 fully saturated rings. The zero-order valence-electron chi connectivity index (χ0n) is 13.9. The van der Waals surface area contributed by atoms with Crippen LogP contribution in [-0.2, 0) is 24.4 Å². The van der Waals surface area contributed by atoms with E-state index in [0.29, 0.717) is 25.4 Å². The fourth-order valence-corrected chi connectivity index (χ4v) is 2.49. The van der Waals surface area contributed by atoms with Crippen molar-refractivity contribution in [3.8, 4) is 11.5 Å². The van der Waals surface area contributed by atoms with Crippen LogP contribution in [0.2, 0.25) is 0 Å². The Morgan fingerprint density at radius 3 is 1.92 bits per heavy atom. The highest BCUT2D eigenvalue weighted by atomic mass is 16.5. The molecule has 0 aromatic heterocycles. The highest BCUT2D eigenvalue weighted by Crippen LogP contribution is 2.26. The molecule has 0 N–H and O–H groups in total. The maximum absolute atomic E-state index is 10.9. The molecule has 0 amide bonds. The molecule has 0 aliphatic rings. The molecule has 3 nitrogen and oxygen atoms in total. The molecule has 3 rings (SSSR count). The third-order valence-electron chi connectivity index (χ3n) is 3.83. The van der Waals surface area contributed by atoms with Crippen LogP contribution in [0.5, 0.6) is 11.5 Å². The zero-order chi connectivity index (χ0) is 17.3. The van der Waals surface area contributed by atoms with Crippen molar-refractivity contribution < 1.29 is 14.3 Å². The van der Waals surface area contributed by atoms with Gasteiger partial charge >= 0.3 is 0 Å². The first kappa shape index (κ1) is 16.8. The van der Waals surface area contributed by atoms with Gasteiger partial charge in [-0.3, -0.25) is 0 Å². The molecule has 0 atom stereocenters. The van der Waals surface area contributed by atoms with Crippen molar-refractivity contribution in [1.82, 2.24) is 0 Å². The maximum atomic E-state index is 10.9. The van der Waals surface area contributed by atoms with E-state index in [1.165, 1.54) is 0 Å². The van der Waals surface area contributed by atoms with Gasteiger partial charge in [0.05, 0.1) is 0 Å². The van der Waals surface area contributed by atoms with Gasteiger partial charge in [-0.15, -0.1) is 0 Å². The van der Waals surface area contributed by atoms with E-state index >= 15 is 0 Å². The van der Waals surface area contributed by atoms with Crippen molar-refractivity contribution in [3.05, 3.63) is 95.6 Å². The van der Waals surface area contributed by atoms with E-state index in [2.05, 4.69) is 0 Å². The SMILES string of the molecule is O=CCc1ccc(OCc2ccccc2)cc1OCc1ccccc1. The molecule has 0 bridgehead atoms. The number of carbonyl (C=O) groups excluding carboxylic acids is 1. The van der Waals surface area contributed by atoms with Gasteiger partial charge in [0.15, 0.2) is 0 Å². The average Bonchev–Trinajstić information content (AvgIpc) is 2.68. The lowest BCUT2D eigenvalue weighted by Crippen LogP contribution is -2.01. The maximum Gasteiger partial charge on any atom is 0.127 e. The lowest BCUT2D eigenvalue weighted by Gasteiger charge is -2.13. The summed E-state index contributed by atoms with van der Waals surface area (Å²) < 4.78 is 11.8. The second-order valence-corrected chi connectivity index (χ2v) is 5.69. The molecular weight excluding hydrogens is 312 g/mol. The molecule has 126 valence electrons. The number of benzene rings is 3. The number of rotatable bonds is 8. The van der Waals surface area contributed by atoms with E-state index in [0.717, 1.165) is 28.7 Å². The highest BCUT2D eigenvalue weighted by Gasteiger charge is 2.07. The topological polar surface area (TPSA) is 35.5 Å². The monoisotopic (exact) mass is 332 g/mol. The lowest BCUT2D eigenvalue weighted by atomic mass is 10.1. The Morgan fingerprint density at radius 2 is 1.32 bits per heavy atom. The van der Waals surface area contributed by atoms with Crippen LogP contribution in [0, 0.1) is 0 Å². The first-order valence-corrected chi connectivity index (χ1v) is 8.25. The van der Waals surface area contributed by atoms with Gasteiger partial charge in [-0.2, -0.15) is 0 Å². The summed E-state index contributed by atoms with van der Waals surface area (Å²) in [7, 11) is 0. The minimum absolute atomic E-state index is 0.323. The third kappa shape index (κ3) is 4.95. The number of aldehydes is 1. The van der Waals surface area contributed by atoms with Crippen molar-refractivity contribution in [2.75, 3.05) is 0 Å². The molecule has 0 aliphatic heterocycles. The molecule has 0 aliphatic carbocycles. The molecule has 3 aromatic rings. The first-order chi connectivity index (χ1) is 12.3. The number of carbonyl (C=O) groups is 1. The minimum atomic E-state index is 0.323. The predicted octanol–water partition coefficient (Wildman–Crippen LogP) is 4.59. The Morgan fingerprint density at radius 1 is 0.720 bits per heavy atom. The van der Waals surface area contributed by atoms with Crippen LogP contribution in [0.1, 0.15) is 16.7 Å². The summed E-state index contributed by atoms with van der Waals surface area (Å²) in [5.74, 6) is 1.41. The van der Waals surface area contributed by atoms with Crippen LogP contribution in [0.15, 0.2) is 78.9 Å². The molecule has 0 unspecified atom stereocenters. The Labute approximate surface area is 147 Å². The molecule has 0 radical (unpaired) electrons. The molecule has 25 heavy (non-hydrogen) atoms. The smallest absolute Gasteiger partial charge is 0.127 e. The Kier molecular flexibility index (Phi) is 5.83.